The van der Waals surface area contributed by atoms with Crippen molar-refractivity contribution in [3.05, 3.63) is 30.5 Å². The van der Waals surface area contributed by atoms with Gasteiger partial charge in [0.2, 0.25) is 0 Å². The third kappa shape index (κ3) is 2.58. The van der Waals surface area contributed by atoms with Gasteiger partial charge in [-0.3, -0.25) is 4.68 Å². The molecule has 2 heterocycles. The van der Waals surface area contributed by atoms with Crippen molar-refractivity contribution in [2.75, 3.05) is 11.9 Å². The van der Waals surface area contributed by atoms with E-state index in [1.807, 2.05) is 18.5 Å². The first-order chi connectivity index (χ1) is 8.42. The van der Waals surface area contributed by atoms with Gasteiger partial charge in [-0.2, -0.15) is 0 Å². The summed E-state index contributed by atoms with van der Waals surface area (Å²) in [4.78, 5) is 8.77. The van der Waals surface area contributed by atoms with Gasteiger partial charge in [0.1, 0.15) is 11.6 Å². The molecule has 0 radical (unpaired) electrons. The summed E-state index contributed by atoms with van der Waals surface area (Å²) in [5, 5.41) is 10.9. The summed E-state index contributed by atoms with van der Waals surface area (Å²) >= 11 is 0. The van der Waals surface area contributed by atoms with Crippen molar-refractivity contribution in [1.82, 2.24) is 25.0 Å². The summed E-state index contributed by atoms with van der Waals surface area (Å²) in [5.74, 6) is 2.45. The Balaban J connectivity index is 1.55. The maximum Gasteiger partial charge on any atom is 0.133 e. The number of hydrogen-bond donors (Lipinski definition) is 1. The molecule has 6 nitrogen and oxygen atoms in total. The smallest absolute Gasteiger partial charge is 0.133 e. The van der Waals surface area contributed by atoms with E-state index in [1.54, 1.807) is 10.9 Å². The number of nitrogens with zero attached hydrogens (tertiary/aromatic N) is 5. The van der Waals surface area contributed by atoms with Crippen molar-refractivity contribution < 1.29 is 0 Å². The highest BCUT2D eigenvalue weighted by atomic mass is 15.4. The Bertz CT molecular complexity index is 476. The Morgan fingerprint density at radius 2 is 2.29 bits per heavy atom. The minimum absolute atomic E-state index is 0.590. The molecule has 0 unspecified atom stereocenters. The molecule has 0 saturated heterocycles. The van der Waals surface area contributed by atoms with Crippen LogP contribution in [0.3, 0.4) is 0 Å². The molecule has 1 aliphatic carbocycles. The molecule has 2 aromatic rings. The van der Waals surface area contributed by atoms with E-state index in [4.69, 9.17) is 0 Å². The maximum absolute atomic E-state index is 4.49. The van der Waals surface area contributed by atoms with E-state index in [2.05, 4.69) is 25.6 Å². The zero-order valence-corrected chi connectivity index (χ0v) is 9.45. The lowest BCUT2D eigenvalue weighted by atomic mass is 10.4. The van der Waals surface area contributed by atoms with Crippen molar-refractivity contribution in [2.45, 2.75) is 25.3 Å². The fourth-order valence-corrected chi connectivity index (χ4v) is 1.66. The molecule has 0 amide bonds. The summed E-state index contributed by atoms with van der Waals surface area (Å²) in [7, 11) is 0. The monoisotopic (exact) mass is 230 g/mol. The van der Waals surface area contributed by atoms with Crippen LogP contribution in [0, 0.1) is 0 Å². The summed E-state index contributed by atoms with van der Waals surface area (Å²) in [6, 6.07) is 1.90. The van der Waals surface area contributed by atoms with E-state index >= 15 is 0 Å². The lowest BCUT2D eigenvalue weighted by Gasteiger charge is -2.06. The fourth-order valence-electron chi connectivity index (χ4n) is 1.66. The van der Waals surface area contributed by atoms with Crippen LogP contribution in [0.5, 0.6) is 0 Å². The standard InChI is InChI=1S/C11H14N6/c1-2-9(1)11-13-4-3-10(15-11)12-5-7-17-8-6-14-16-17/h3-4,6,8-9H,1-2,5,7H2,(H,12,13,15). The van der Waals surface area contributed by atoms with Crippen LogP contribution in [0.1, 0.15) is 24.6 Å². The SMILES string of the molecule is c1cn(CCNc2ccnc(C3CC3)n2)nn1. The van der Waals surface area contributed by atoms with Gasteiger partial charge < -0.3 is 5.32 Å². The molecule has 0 aromatic carbocycles. The quantitative estimate of drug-likeness (QED) is 0.831. The molecule has 1 aliphatic rings. The average Bonchev–Trinajstić information content (AvgIpc) is 3.09. The van der Waals surface area contributed by atoms with Crippen LogP contribution in [-0.2, 0) is 6.54 Å². The zero-order chi connectivity index (χ0) is 11.5. The van der Waals surface area contributed by atoms with Gasteiger partial charge in [-0.15, -0.1) is 5.10 Å². The van der Waals surface area contributed by atoms with Crippen molar-refractivity contribution in [3.8, 4) is 0 Å². The topological polar surface area (TPSA) is 68.5 Å². The summed E-state index contributed by atoms with van der Waals surface area (Å²) in [5.41, 5.74) is 0. The van der Waals surface area contributed by atoms with Crippen LogP contribution in [0.25, 0.3) is 0 Å². The second-order valence-corrected chi connectivity index (χ2v) is 4.17. The molecule has 1 N–H and O–H groups in total. The minimum atomic E-state index is 0.590. The first-order valence-corrected chi connectivity index (χ1v) is 5.83. The van der Waals surface area contributed by atoms with Crippen LogP contribution in [0.2, 0.25) is 0 Å². The van der Waals surface area contributed by atoms with Gasteiger partial charge in [0.25, 0.3) is 0 Å². The third-order valence-electron chi connectivity index (χ3n) is 2.74. The number of hydrogen-bond acceptors (Lipinski definition) is 5. The van der Waals surface area contributed by atoms with E-state index in [9.17, 15) is 0 Å². The van der Waals surface area contributed by atoms with E-state index in [0.29, 0.717) is 5.92 Å². The van der Waals surface area contributed by atoms with Crippen LogP contribution >= 0.6 is 0 Å². The van der Waals surface area contributed by atoms with E-state index in [1.165, 1.54) is 12.8 Å². The predicted molar refractivity (Wildman–Crippen MR) is 62.5 cm³/mol. The average molecular weight is 230 g/mol. The number of aromatic nitrogens is 5. The largest absolute Gasteiger partial charge is 0.368 e. The highest BCUT2D eigenvalue weighted by molar-refractivity contribution is 5.33. The van der Waals surface area contributed by atoms with E-state index < -0.39 is 0 Å². The van der Waals surface area contributed by atoms with E-state index in [0.717, 1.165) is 24.7 Å². The highest BCUT2D eigenvalue weighted by Crippen LogP contribution is 2.37. The first-order valence-electron chi connectivity index (χ1n) is 5.83. The molecule has 88 valence electrons. The molecule has 0 aliphatic heterocycles. The normalized spacial score (nSPS) is 14.8. The fraction of sp³-hybridized carbons (Fsp3) is 0.455. The molecule has 0 atom stereocenters. The first kappa shape index (κ1) is 10.2. The molecule has 17 heavy (non-hydrogen) atoms. The number of anilines is 1. The number of rotatable bonds is 5. The van der Waals surface area contributed by atoms with Gasteiger partial charge in [0.15, 0.2) is 0 Å². The summed E-state index contributed by atoms with van der Waals surface area (Å²) in [6.07, 6.45) is 7.79. The Kier molecular flexibility index (Phi) is 2.69. The van der Waals surface area contributed by atoms with Gasteiger partial charge in [-0.1, -0.05) is 5.21 Å². The molecule has 1 saturated carbocycles. The second-order valence-electron chi connectivity index (χ2n) is 4.17. The minimum Gasteiger partial charge on any atom is -0.368 e. The van der Waals surface area contributed by atoms with Crippen molar-refractivity contribution >= 4 is 5.82 Å². The Morgan fingerprint density at radius 3 is 3.06 bits per heavy atom. The van der Waals surface area contributed by atoms with Gasteiger partial charge in [-0.05, 0) is 18.9 Å². The van der Waals surface area contributed by atoms with Crippen molar-refractivity contribution in [3.63, 3.8) is 0 Å². The lowest BCUT2D eigenvalue weighted by molar-refractivity contribution is 0.608. The van der Waals surface area contributed by atoms with Gasteiger partial charge in [0, 0.05) is 24.9 Å². The predicted octanol–water partition coefficient (Wildman–Crippen LogP) is 1.06. The van der Waals surface area contributed by atoms with Crippen LogP contribution in [-0.4, -0.2) is 31.5 Å². The molecule has 0 bridgehead atoms. The van der Waals surface area contributed by atoms with Crippen LogP contribution < -0.4 is 5.32 Å². The summed E-state index contributed by atoms with van der Waals surface area (Å²) < 4.78 is 1.79. The molecule has 3 rings (SSSR count). The maximum atomic E-state index is 4.49. The van der Waals surface area contributed by atoms with Gasteiger partial charge >= 0.3 is 0 Å². The van der Waals surface area contributed by atoms with Crippen molar-refractivity contribution in [2.24, 2.45) is 0 Å². The van der Waals surface area contributed by atoms with Crippen LogP contribution in [0.15, 0.2) is 24.7 Å². The molecular weight excluding hydrogens is 216 g/mol. The molecule has 0 spiro atoms. The lowest BCUT2D eigenvalue weighted by Crippen LogP contribution is -2.12. The Morgan fingerprint density at radius 1 is 1.35 bits per heavy atom. The number of nitrogens with one attached hydrogen (secondary N) is 1. The second kappa shape index (κ2) is 4.48. The molecule has 6 heteroatoms. The van der Waals surface area contributed by atoms with Crippen LogP contribution in [0.4, 0.5) is 5.82 Å². The highest BCUT2D eigenvalue weighted by Gasteiger charge is 2.26. The molecule has 1 fully saturated rings. The summed E-state index contributed by atoms with van der Waals surface area (Å²) in [6.45, 7) is 1.56. The van der Waals surface area contributed by atoms with Gasteiger partial charge in [-0.25, -0.2) is 9.97 Å². The zero-order valence-electron chi connectivity index (χ0n) is 9.45. The molecular formula is C11H14N6. The van der Waals surface area contributed by atoms with Gasteiger partial charge in [0.05, 0.1) is 12.7 Å². The van der Waals surface area contributed by atoms with Crippen molar-refractivity contribution in [1.29, 1.82) is 0 Å². The van der Waals surface area contributed by atoms with E-state index in [-0.39, 0.29) is 0 Å². The Labute approximate surface area is 99.1 Å². The Hall–Kier alpha value is -1.98. The molecule has 2 aromatic heterocycles. The third-order valence-corrected chi connectivity index (χ3v) is 2.74.